The fraction of sp³-hybridized carbons (Fsp3) is 0.0588. The summed E-state index contributed by atoms with van der Waals surface area (Å²) in [5, 5.41) is 5.43. The molecule has 0 spiro atoms. The highest BCUT2D eigenvalue weighted by Crippen LogP contribution is 2.30. The first-order valence-corrected chi connectivity index (χ1v) is 8.27. The van der Waals surface area contributed by atoms with Crippen molar-refractivity contribution in [3.63, 3.8) is 0 Å². The number of thiazole rings is 1. The molecular formula is C17H12ClFN2O2S. The van der Waals surface area contributed by atoms with Gasteiger partial charge in [-0.2, -0.15) is 0 Å². The first-order valence-electron chi connectivity index (χ1n) is 7.01. The molecule has 0 aliphatic rings. The van der Waals surface area contributed by atoms with E-state index in [2.05, 4.69) is 10.3 Å². The quantitative estimate of drug-likeness (QED) is 0.720. The molecule has 3 aromatic rings. The Bertz CT molecular complexity index is 869. The second kappa shape index (κ2) is 7.42. The zero-order chi connectivity index (χ0) is 16.9. The van der Waals surface area contributed by atoms with Crippen molar-refractivity contribution in [2.45, 2.75) is 0 Å². The van der Waals surface area contributed by atoms with E-state index >= 15 is 0 Å². The second-order valence-corrected chi connectivity index (χ2v) is 6.05. The molecule has 122 valence electrons. The summed E-state index contributed by atoms with van der Waals surface area (Å²) in [6.07, 6.45) is 0. The number of ether oxygens (including phenoxy) is 1. The van der Waals surface area contributed by atoms with Gasteiger partial charge in [0.05, 0.1) is 5.69 Å². The van der Waals surface area contributed by atoms with Crippen LogP contribution in [-0.4, -0.2) is 17.5 Å². The number of carbonyl (C=O) groups is 1. The van der Waals surface area contributed by atoms with Crippen LogP contribution < -0.4 is 10.1 Å². The Balaban J connectivity index is 1.62. The molecular weight excluding hydrogens is 351 g/mol. The van der Waals surface area contributed by atoms with Crippen LogP contribution in [0.3, 0.4) is 0 Å². The molecule has 0 saturated heterocycles. The highest BCUT2D eigenvalue weighted by molar-refractivity contribution is 7.14. The van der Waals surface area contributed by atoms with Gasteiger partial charge < -0.3 is 4.74 Å². The van der Waals surface area contributed by atoms with E-state index in [4.69, 9.17) is 16.3 Å². The van der Waals surface area contributed by atoms with E-state index < -0.39 is 11.7 Å². The number of amides is 1. The van der Waals surface area contributed by atoms with Gasteiger partial charge in [0.2, 0.25) is 0 Å². The number of anilines is 1. The Labute approximate surface area is 146 Å². The van der Waals surface area contributed by atoms with Gasteiger partial charge in [-0.25, -0.2) is 9.37 Å². The maximum absolute atomic E-state index is 13.4. The Hall–Kier alpha value is -2.44. The summed E-state index contributed by atoms with van der Waals surface area (Å²) in [6, 6.07) is 13.2. The van der Waals surface area contributed by atoms with Crippen LogP contribution in [0.5, 0.6) is 5.75 Å². The van der Waals surface area contributed by atoms with Crippen molar-refractivity contribution in [2.75, 3.05) is 11.9 Å². The molecule has 1 amide bonds. The average molecular weight is 363 g/mol. The molecule has 3 rings (SSSR count). The van der Waals surface area contributed by atoms with Crippen LogP contribution in [0.15, 0.2) is 53.9 Å². The van der Waals surface area contributed by atoms with E-state index in [1.54, 1.807) is 23.6 Å². The largest absolute Gasteiger partial charge is 0.481 e. The number of hydrogen-bond donors (Lipinski definition) is 1. The predicted octanol–water partition coefficient (Wildman–Crippen LogP) is 4.62. The molecule has 0 saturated carbocycles. The average Bonchev–Trinajstić information content (AvgIpc) is 3.03. The fourth-order valence-electron chi connectivity index (χ4n) is 1.98. The van der Waals surface area contributed by atoms with E-state index in [1.165, 1.54) is 23.5 Å². The van der Waals surface area contributed by atoms with E-state index in [0.717, 1.165) is 5.56 Å². The van der Waals surface area contributed by atoms with E-state index in [0.29, 0.717) is 15.8 Å². The molecule has 0 fully saturated rings. The summed E-state index contributed by atoms with van der Waals surface area (Å²) in [7, 11) is 0. The first kappa shape index (κ1) is 16.4. The summed E-state index contributed by atoms with van der Waals surface area (Å²) in [6.45, 7) is -0.304. The zero-order valence-corrected chi connectivity index (χ0v) is 13.9. The molecule has 2 aromatic carbocycles. The van der Waals surface area contributed by atoms with Crippen molar-refractivity contribution in [3.05, 3.63) is 64.8 Å². The van der Waals surface area contributed by atoms with Crippen LogP contribution in [-0.2, 0) is 4.79 Å². The van der Waals surface area contributed by atoms with Gasteiger partial charge in [-0.1, -0.05) is 41.9 Å². The van der Waals surface area contributed by atoms with E-state index in [1.807, 2.05) is 18.2 Å². The number of para-hydroxylation sites is 1. The molecule has 0 atom stereocenters. The summed E-state index contributed by atoms with van der Waals surface area (Å²) in [5.41, 5.74) is 1.47. The Morgan fingerprint density at radius 2 is 1.96 bits per heavy atom. The summed E-state index contributed by atoms with van der Waals surface area (Å²) in [4.78, 5) is 16.2. The van der Waals surface area contributed by atoms with Gasteiger partial charge in [0.15, 0.2) is 23.3 Å². The Morgan fingerprint density at radius 1 is 1.21 bits per heavy atom. The second-order valence-electron chi connectivity index (χ2n) is 4.79. The van der Waals surface area contributed by atoms with Gasteiger partial charge in [0, 0.05) is 16.0 Å². The van der Waals surface area contributed by atoms with Crippen molar-refractivity contribution in [1.82, 2.24) is 4.98 Å². The molecule has 0 unspecified atom stereocenters. The third-order valence-corrected chi connectivity index (χ3v) is 4.18. The monoisotopic (exact) mass is 362 g/mol. The van der Waals surface area contributed by atoms with Gasteiger partial charge in [0.25, 0.3) is 5.91 Å². The highest BCUT2D eigenvalue weighted by Gasteiger charge is 2.11. The number of nitrogens with one attached hydrogen (secondary N) is 1. The number of rotatable bonds is 5. The minimum Gasteiger partial charge on any atom is -0.481 e. The third kappa shape index (κ3) is 3.90. The topological polar surface area (TPSA) is 51.2 Å². The molecule has 0 bridgehead atoms. The van der Waals surface area contributed by atoms with Crippen LogP contribution >= 0.6 is 22.9 Å². The first-order chi connectivity index (χ1) is 11.6. The third-order valence-electron chi connectivity index (χ3n) is 3.10. The zero-order valence-electron chi connectivity index (χ0n) is 12.3. The molecule has 0 aliphatic heterocycles. The molecule has 0 aliphatic carbocycles. The van der Waals surface area contributed by atoms with E-state index in [9.17, 15) is 9.18 Å². The van der Waals surface area contributed by atoms with Crippen LogP contribution in [0.25, 0.3) is 11.3 Å². The number of aromatic nitrogens is 1. The van der Waals surface area contributed by atoms with Crippen molar-refractivity contribution in [2.24, 2.45) is 0 Å². The molecule has 1 heterocycles. The van der Waals surface area contributed by atoms with Gasteiger partial charge in [0.1, 0.15) is 0 Å². The number of halogens is 2. The lowest BCUT2D eigenvalue weighted by atomic mass is 10.2. The smallest absolute Gasteiger partial charge is 0.264 e. The Morgan fingerprint density at radius 3 is 2.75 bits per heavy atom. The lowest BCUT2D eigenvalue weighted by Crippen LogP contribution is -2.20. The van der Waals surface area contributed by atoms with Crippen LogP contribution in [0.2, 0.25) is 5.02 Å². The lowest BCUT2D eigenvalue weighted by Gasteiger charge is -2.06. The summed E-state index contributed by atoms with van der Waals surface area (Å²) < 4.78 is 18.6. The van der Waals surface area contributed by atoms with Gasteiger partial charge in [-0.3, -0.25) is 10.1 Å². The van der Waals surface area contributed by atoms with Gasteiger partial charge >= 0.3 is 0 Å². The van der Waals surface area contributed by atoms with Gasteiger partial charge in [-0.15, -0.1) is 11.3 Å². The van der Waals surface area contributed by atoms with E-state index in [-0.39, 0.29) is 12.4 Å². The number of benzene rings is 2. The van der Waals surface area contributed by atoms with Crippen LogP contribution in [0.4, 0.5) is 9.52 Å². The molecule has 0 radical (unpaired) electrons. The van der Waals surface area contributed by atoms with Crippen molar-refractivity contribution in [3.8, 4) is 17.0 Å². The number of nitrogens with zero attached hydrogens (tertiary/aromatic N) is 1. The minimum atomic E-state index is -0.513. The summed E-state index contributed by atoms with van der Waals surface area (Å²) >= 11 is 7.40. The lowest BCUT2D eigenvalue weighted by molar-refractivity contribution is -0.118. The molecule has 1 N–H and O–H groups in total. The minimum absolute atomic E-state index is 0.0311. The molecule has 4 nitrogen and oxygen atoms in total. The maximum Gasteiger partial charge on any atom is 0.264 e. The maximum atomic E-state index is 13.4. The molecule has 7 heteroatoms. The molecule has 24 heavy (non-hydrogen) atoms. The van der Waals surface area contributed by atoms with Gasteiger partial charge in [-0.05, 0) is 18.2 Å². The standard InChI is InChI=1S/C17H12ClFN2O2S/c18-12-6-2-1-5-11(12)14-10-24-17(20-14)21-16(22)9-23-15-8-4-3-7-13(15)19/h1-8,10H,9H2,(H,20,21,22). The number of carbonyl (C=O) groups excluding carboxylic acids is 1. The van der Waals surface area contributed by atoms with Crippen LogP contribution in [0, 0.1) is 5.82 Å². The summed E-state index contributed by atoms with van der Waals surface area (Å²) in [5.74, 6) is -0.901. The SMILES string of the molecule is O=C(COc1ccccc1F)Nc1nc(-c2ccccc2Cl)cs1. The normalized spacial score (nSPS) is 10.4. The Kier molecular flexibility index (Phi) is 5.08. The predicted molar refractivity (Wildman–Crippen MR) is 93.1 cm³/mol. The van der Waals surface area contributed by atoms with Crippen LogP contribution in [0.1, 0.15) is 0 Å². The van der Waals surface area contributed by atoms with Crippen molar-refractivity contribution in [1.29, 1.82) is 0 Å². The number of hydrogen-bond acceptors (Lipinski definition) is 4. The van der Waals surface area contributed by atoms with Crippen molar-refractivity contribution < 1.29 is 13.9 Å². The highest BCUT2D eigenvalue weighted by atomic mass is 35.5. The molecule has 1 aromatic heterocycles. The van der Waals surface area contributed by atoms with Crippen molar-refractivity contribution >= 4 is 34.0 Å². The fourth-order valence-corrected chi connectivity index (χ4v) is 2.94.